The molecule has 0 aromatic heterocycles. The summed E-state index contributed by atoms with van der Waals surface area (Å²) < 4.78 is 33.7. The van der Waals surface area contributed by atoms with Crippen LogP contribution >= 0.6 is 11.6 Å². The van der Waals surface area contributed by atoms with Gasteiger partial charge in [0.1, 0.15) is 10.6 Å². The van der Waals surface area contributed by atoms with Gasteiger partial charge in [-0.2, -0.15) is 4.31 Å². The maximum Gasteiger partial charge on any atom is 0.245 e. The fourth-order valence-corrected chi connectivity index (χ4v) is 5.47. The van der Waals surface area contributed by atoms with Crippen molar-refractivity contribution < 1.29 is 13.2 Å². The van der Waals surface area contributed by atoms with Gasteiger partial charge in [-0.25, -0.2) is 8.42 Å². The molecular weight excluding hydrogens is 382 g/mol. The molecule has 2 aliphatic rings. The van der Waals surface area contributed by atoms with Crippen molar-refractivity contribution in [3.05, 3.63) is 59.1 Å². The summed E-state index contributed by atoms with van der Waals surface area (Å²) in [5.41, 5.74) is 0.952. The Kier molecular flexibility index (Phi) is 5.44. The Hall–Kier alpha value is -1.56. The van der Waals surface area contributed by atoms with Gasteiger partial charge >= 0.3 is 0 Å². The molecule has 0 unspecified atom stereocenters. The van der Waals surface area contributed by atoms with Crippen LogP contribution < -0.4 is 4.74 Å². The van der Waals surface area contributed by atoms with Crippen LogP contribution in [0, 0.1) is 5.92 Å². The summed E-state index contributed by atoms with van der Waals surface area (Å²) in [5, 5.41) is 0.267. The first kappa shape index (κ1) is 18.8. The third-order valence-corrected chi connectivity index (χ3v) is 7.75. The summed E-state index contributed by atoms with van der Waals surface area (Å²) >= 11 is 6.16. The van der Waals surface area contributed by atoms with Crippen LogP contribution in [0.25, 0.3) is 0 Å². The number of ether oxygens (including phenoxy) is 1. The normalized spacial score (nSPS) is 17.7. The predicted octanol–water partition coefficient (Wildman–Crippen LogP) is 4.87. The lowest BCUT2D eigenvalue weighted by Gasteiger charge is -2.25. The second-order valence-electron chi connectivity index (χ2n) is 7.46. The van der Waals surface area contributed by atoms with Gasteiger partial charge in [-0.3, -0.25) is 0 Å². The first-order chi connectivity index (χ1) is 13.0. The van der Waals surface area contributed by atoms with E-state index in [1.807, 2.05) is 24.3 Å². The van der Waals surface area contributed by atoms with Crippen molar-refractivity contribution in [2.75, 3.05) is 6.61 Å². The van der Waals surface area contributed by atoms with Gasteiger partial charge in [0.05, 0.1) is 11.6 Å². The molecule has 0 spiro atoms. The molecular formula is C21H24ClNO3S. The SMILES string of the molecule is O=S(=O)(c1ccccc1Cl)N(Cc1ccc(OCC2CCC2)cc1)C1CC1. The average molecular weight is 406 g/mol. The van der Waals surface area contributed by atoms with Gasteiger partial charge in [0.2, 0.25) is 10.0 Å². The van der Waals surface area contributed by atoms with Crippen LogP contribution in [0.5, 0.6) is 5.75 Å². The van der Waals surface area contributed by atoms with Crippen LogP contribution in [0.2, 0.25) is 5.02 Å². The fraction of sp³-hybridized carbons (Fsp3) is 0.429. The smallest absolute Gasteiger partial charge is 0.245 e. The molecule has 0 heterocycles. The molecule has 2 aromatic carbocycles. The summed E-state index contributed by atoms with van der Waals surface area (Å²) in [6.07, 6.45) is 5.62. The molecule has 4 rings (SSSR count). The van der Waals surface area contributed by atoms with Crippen molar-refractivity contribution in [2.24, 2.45) is 5.92 Å². The maximum absolute atomic E-state index is 13.1. The van der Waals surface area contributed by atoms with Gasteiger partial charge in [0.15, 0.2) is 0 Å². The van der Waals surface area contributed by atoms with E-state index >= 15 is 0 Å². The van der Waals surface area contributed by atoms with Crippen molar-refractivity contribution in [1.29, 1.82) is 0 Å². The first-order valence-corrected chi connectivity index (χ1v) is 11.3. The minimum absolute atomic E-state index is 0.0563. The number of rotatable bonds is 8. The summed E-state index contributed by atoms with van der Waals surface area (Å²) in [5.74, 6) is 1.54. The Balaban J connectivity index is 1.48. The lowest BCUT2D eigenvalue weighted by molar-refractivity contribution is 0.180. The molecule has 0 amide bonds. The van der Waals surface area contributed by atoms with E-state index in [1.54, 1.807) is 28.6 Å². The predicted molar refractivity (Wildman–Crippen MR) is 106 cm³/mol. The molecule has 2 fully saturated rings. The van der Waals surface area contributed by atoms with Crippen molar-refractivity contribution in [1.82, 2.24) is 4.31 Å². The molecule has 27 heavy (non-hydrogen) atoms. The Morgan fingerprint density at radius 2 is 1.70 bits per heavy atom. The zero-order valence-electron chi connectivity index (χ0n) is 15.2. The lowest BCUT2D eigenvalue weighted by atomic mass is 9.86. The van der Waals surface area contributed by atoms with E-state index in [0.717, 1.165) is 30.8 Å². The average Bonchev–Trinajstić information content (AvgIpc) is 3.44. The van der Waals surface area contributed by atoms with Crippen LogP contribution in [0.1, 0.15) is 37.7 Å². The van der Waals surface area contributed by atoms with Crippen molar-refractivity contribution in [3.8, 4) is 5.75 Å². The van der Waals surface area contributed by atoms with Crippen LogP contribution in [-0.2, 0) is 16.6 Å². The fourth-order valence-electron chi connectivity index (χ4n) is 3.30. The third-order valence-electron chi connectivity index (χ3n) is 5.35. The Labute approximate surface area is 166 Å². The van der Waals surface area contributed by atoms with Crippen LogP contribution in [0.3, 0.4) is 0 Å². The molecule has 2 saturated carbocycles. The molecule has 0 radical (unpaired) electrons. The van der Waals surface area contributed by atoms with E-state index in [1.165, 1.54) is 19.3 Å². The van der Waals surface area contributed by atoms with E-state index in [0.29, 0.717) is 12.5 Å². The first-order valence-electron chi connectivity index (χ1n) is 9.52. The van der Waals surface area contributed by atoms with Gasteiger partial charge < -0.3 is 4.74 Å². The van der Waals surface area contributed by atoms with E-state index in [2.05, 4.69) is 0 Å². The van der Waals surface area contributed by atoms with Crippen LogP contribution in [0.15, 0.2) is 53.4 Å². The molecule has 4 nitrogen and oxygen atoms in total. The van der Waals surface area contributed by atoms with Crippen LogP contribution in [0.4, 0.5) is 0 Å². The molecule has 144 valence electrons. The molecule has 0 atom stereocenters. The Morgan fingerprint density at radius 1 is 1.00 bits per heavy atom. The highest BCUT2D eigenvalue weighted by Gasteiger charge is 2.38. The van der Waals surface area contributed by atoms with E-state index in [9.17, 15) is 8.42 Å². The quantitative estimate of drug-likeness (QED) is 0.629. The van der Waals surface area contributed by atoms with E-state index < -0.39 is 10.0 Å². The zero-order chi connectivity index (χ0) is 18.9. The minimum atomic E-state index is -3.62. The van der Waals surface area contributed by atoms with Gasteiger partial charge in [-0.15, -0.1) is 0 Å². The number of hydrogen-bond acceptors (Lipinski definition) is 3. The van der Waals surface area contributed by atoms with Gasteiger partial charge in [-0.05, 0) is 61.4 Å². The van der Waals surface area contributed by atoms with E-state index in [-0.39, 0.29) is 16.0 Å². The molecule has 6 heteroatoms. The third kappa shape index (κ3) is 4.31. The summed E-state index contributed by atoms with van der Waals surface area (Å²) in [6.45, 7) is 1.12. The Morgan fingerprint density at radius 3 is 2.30 bits per heavy atom. The maximum atomic E-state index is 13.1. The van der Waals surface area contributed by atoms with Crippen LogP contribution in [-0.4, -0.2) is 25.4 Å². The summed E-state index contributed by atoms with van der Waals surface area (Å²) in [7, 11) is -3.62. The largest absolute Gasteiger partial charge is 0.493 e. The second-order valence-corrected chi connectivity index (χ2v) is 9.73. The number of halogens is 1. The van der Waals surface area contributed by atoms with Gasteiger partial charge in [0, 0.05) is 12.6 Å². The zero-order valence-corrected chi connectivity index (χ0v) is 16.8. The molecule has 2 aliphatic carbocycles. The molecule has 0 N–H and O–H groups in total. The minimum Gasteiger partial charge on any atom is -0.493 e. The summed E-state index contributed by atoms with van der Waals surface area (Å²) in [6, 6.07) is 14.5. The molecule has 0 saturated heterocycles. The standard InChI is InChI=1S/C21H24ClNO3S/c22-20-6-1-2-7-21(20)27(24,25)23(18-10-11-18)14-16-8-12-19(13-9-16)26-15-17-4-3-5-17/h1-2,6-9,12-13,17-18H,3-5,10-11,14-15H2. The Bertz CT molecular complexity index is 890. The lowest BCUT2D eigenvalue weighted by Crippen LogP contribution is -2.32. The van der Waals surface area contributed by atoms with Gasteiger partial charge in [0.25, 0.3) is 0 Å². The highest BCUT2D eigenvalue weighted by Crippen LogP contribution is 2.35. The number of sulfonamides is 1. The molecule has 0 aliphatic heterocycles. The van der Waals surface area contributed by atoms with Crippen molar-refractivity contribution in [2.45, 2.75) is 49.6 Å². The monoisotopic (exact) mass is 405 g/mol. The van der Waals surface area contributed by atoms with Gasteiger partial charge in [-0.1, -0.05) is 42.3 Å². The number of nitrogens with zero attached hydrogens (tertiary/aromatic N) is 1. The number of hydrogen-bond donors (Lipinski definition) is 0. The van der Waals surface area contributed by atoms with Crippen molar-refractivity contribution in [3.63, 3.8) is 0 Å². The van der Waals surface area contributed by atoms with E-state index in [4.69, 9.17) is 16.3 Å². The highest BCUT2D eigenvalue weighted by molar-refractivity contribution is 7.89. The summed E-state index contributed by atoms with van der Waals surface area (Å²) in [4.78, 5) is 0.180. The highest BCUT2D eigenvalue weighted by atomic mass is 35.5. The number of benzene rings is 2. The topological polar surface area (TPSA) is 46.6 Å². The van der Waals surface area contributed by atoms with Crippen molar-refractivity contribution >= 4 is 21.6 Å². The molecule has 0 bridgehead atoms. The molecule has 2 aromatic rings. The second kappa shape index (κ2) is 7.82.